The summed E-state index contributed by atoms with van der Waals surface area (Å²) in [6.07, 6.45) is 4.40. The number of hydrogen-bond donors (Lipinski definition) is 1. The van der Waals surface area contributed by atoms with Crippen molar-refractivity contribution in [2.45, 2.75) is 44.3 Å². The van der Waals surface area contributed by atoms with E-state index in [1.807, 2.05) is 0 Å². The van der Waals surface area contributed by atoms with Crippen molar-refractivity contribution in [2.24, 2.45) is 5.92 Å². The van der Waals surface area contributed by atoms with Crippen LogP contribution < -0.4 is 0 Å². The zero-order chi connectivity index (χ0) is 13.1. The molecule has 1 fully saturated rings. The molecule has 0 radical (unpaired) electrons. The van der Waals surface area contributed by atoms with E-state index in [-0.39, 0.29) is 11.8 Å². The third kappa shape index (κ3) is 3.67. The second-order valence-corrected chi connectivity index (χ2v) is 7.14. The first-order valence-electron chi connectivity index (χ1n) is 6.03. The van der Waals surface area contributed by atoms with Crippen molar-refractivity contribution in [3.05, 3.63) is 0 Å². The maximum absolute atomic E-state index is 12.2. The zero-order valence-corrected chi connectivity index (χ0v) is 11.2. The number of aliphatic carboxylic acids is 1. The van der Waals surface area contributed by atoms with Gasteiger partial charge in [-0.2, -0.15) is 0 Å². The van der Waals surface area contributed by atoms with Crippen molar-refractivity contribution in [3.63, 3.8) is 0 Å². The third-order valence-electron chi connectivity index (χ3n) is 3.36. The summed E-state index contributed by atoms with van der Waals surface area (Å²) in [6, 6.07) is 0. The van der Waals surface area contributed by atoms with Crippen LogP contribution in [0.15, 0.2) is 0 Å². The average Bonchev–Trinajstić information content (AvgIpc) is 2.29. The molecule has 0 amide bonds. The number of hydrogen-bond acceptors (Lipinski definition) is 3. The van der Waals surface area contributed by atoms with Gasteiger partial charge in [0.1, 0.15) is 0 Å². The molecule has 0 bridgehead atoms. The van der Waals surface area contributed by atoms with Gasteiger partial charge >= 0.3 is 5.97 Å². The highest BCUT2D eigenvalue weighted by Gasteiger charge is 2.32. The summed E-state index contributed by atoms with van der Waals surface area (Å²) in [6.45, 7) is 1.57. The smallest absolute Gasteiger partial charge is 0.307 e. The molecule has 1 N–H and O–H groups in total. The van der Waals surface area contributed by atoms with Gasteiger partial charge < -0.3 is 5.11 Å². The Balaban J connectivity index is 2.65. The lowest BCUT2D eigenvalue weighted by molar-refractivity contribution is -0.141. The summed E-state index contributed by atoms with van der Waals surface area (Å²) in [7, 11) is -1.85. The minimum Gasteiger partial charge on any atom is -0.481 e. The van der Waals surface area contributed by atoms with Crippen molar-refractivity contribution >= 4 is 16.0 Å². The first-order valence-corrected chi connectivity index (χ1v) is 7.54. The van der Waals surface area contributed by atoms with Crippen molar-refractivity contribution < 1.29 is 18.3 Å². The lowest BCUT2D eigenvalue weighted by Crippen LogP contribution is -2.40. The monoisotopic (exact) mass is 263 g/mol. The Hall–Kier alpha value is -0.620. The van der Waals surface area contributed by atoms with E-state index < -0.39 is 21.9 Å². The lowest BCUT2D eigenvalue weighted by Gasteiger charge is -2.27. The molecule has 100 valence electrons. The summed E-state index contributed by atoms with van der Waals surface area (Å²) >= 11 is 0. The molecular formula is C11H21NO4S. The van der Waals surface area contributed by atoms with Gasteiger partial charge in [0, 0.05) is 13.6 Å². The van der Waals surface area contributed by atoms with Crippen LogP contribution in [0.4, 0.5) is 0 Å². The molecule has 0 aromatic heterocycles. The summed E-state index contributed by atoms with van der Waals surface area (Å²) in [5, 5.41) is 8.47. The van der Waals surface area contributed by atoms with E-state index in [9.17, 15) is 13.2 Å². The van der Waals surface area contributed by atoms with Gasteiger partial charge in [0.15, 0.2) is 0 Å². The minimum atomic E-state index is -3.32. The van der Waals surface area contributed by atoms with Gasteiger partial charge in [-0.3, -0.25) is 4.79 Å². The van der Waals surface area contributed by atoms with Gasteiger partial charge in [-0.05, 0) is 12.8 Å². The van der Waals surface area contributed by atoms with Crippen LogP contribution >= 0.6 is 0 Å². The summed E-state index contributed by atoms with van der Waals surface area (Å²) in [4.78, 5) is 10.7. The topological polar surface area (TPSA) is 74.7 Å². The molecule has 1 atom stereocenters. The molecule has 1 saturated carbocycles. The largest absolute Gasteiger partial charge is 0.481 e. The fraction of sp³-hybridized carbons (Fsp3) is 0.909. The Morgan fingerprint density at radius 1 is 1.35 bits per heavy atom. The van der Waals surface area contributed by atoms with Crippen LogP contribution in [0.5, 0.6) is 0 Å². The van der Waals surface area contributed by atoms with E-state index in [0.717, 1.165) is 19.3 Å². The Morgan fingerprint density at radius 2 is 1.88 bits per heavy atom. The number of carboxylic acids is 1. The van der Waals surface area contributed by atoms with E-state index in [2.05, 4.69) is 0 Å². The normalized spacial score (nSPS) is 20.4. The Bertz CT molecular complexity index is 360. The van der Waals surface area contributed by atoms with Crippen LogP contribution in [0, 0.1) is 5.92 Å². The van der Waals surface area contributed by atoms with Crippen molar-refractivity contribution in [1.82, 2.24) is 4.31 Å². The second kappa shape index (κ2) is 5.82. The second-order valence-electron chi connectivity index (χ2n) is 4.82. The standard InChI is InChI=1S/C11H21NO4S/c1-9(11(13)14)8-12(2)17(15,16)10-6-4-3-5-7-10/h9-10H,3-8H2,1-2H3,(H,13,14). The molecule has 17 heavy (non-hydrogen) atoms. The number of nitrogens with zero attached hydrogens (tertiary/aromatic N) is 1. The molecule has 1 rings (SSSR count). The third-order valence-corrected chi connectivity index (χ3v) is 5.69. The predicted octanol–water partition coefficient (Wildman–Crippen LogP) is 1.30. The van der Waals surface area contributed by atoms with Crippen molar-refractivity contribution in [3.8, 4) is 0 Å². The zero-order valence-electron chi connectivity index (χ0n) is 10.4. The van der Waals surface area contributed by atoms with Crippen molar-refractivity contribution in [1.29, 1.82) is 0 Å². The van der Waals surface area contributed by atoms with E-state index in [4.69, 9.17) is 5.11 Å². The van der Waals surface area contributed by atoms with Gasteiger partial charge in [0.05, 0.1) is 11.2 Å². The fourth-order valence-corrected chi connectivity index (χ4v) is 4.05. The highest BCUT2D eigenvalue weighted by Crippen LogP contribution is 2.25. The van der Waals surface area contributed by atoms with E-state index in [0.29, 0.717) is 12.8 Å². The molecular weight excluding hydrogens is 242 g/mol. The van der Waals surface area contributed by atoms with Crippen LogP contribution in [0.25, 0.3) is 0 Å². The minimum absolute atomic E-state index is 0.0498. The van der Waals surface area contributed by atoms with Gasteiger partial charge in [0.2, 0.25) is 10.0 Å². The molecule has 6 heteroatoms. The number of carboxylic acid groups (broad SMARTS) is 1. The van der Waals surface area contributed by atoms with E-state index in [1.54, 1.807) is 0 Å². The molecule has 0 saturated heterocycles. The Labute approximate surface area is 103 Å². The quantitative estimate of drug-likeness (QED) is 0.811. The van der Waals surface area contributed by atoms with Gasteiger partial charge in [-0.25, -0.2) is 12.7 Å². The van der Waals surface area contributed by atoms with Gasteiger partial charge in [-0.15, -0.1) is 0 Å². The first-order chi connectivity index (χ1) is 7.85. The van der Waals surface area contributed by atoms with Gasteiger partial charge in [-0.1, -0.05) is 26.2 Å². The maximum Gasteiger partial charge on any atom is 0.307 e. The molecule has 0 heterocycles. The molecule has 0 aliphatic heterocycles. The molecule has 1 aliphatic rings. The molecule has 0 spiro atoms. The summed E-state index contributed by atoms with van der Waals surface area (Å²) in [5.74, 6) is -1.63. The Kier molecular flexibility index (Phi) is 4.94. The van der Waals surface area contributed by atoms with Crippen molar-refractivity contribution in [2.75, 3.05) is 13.6 Å². The van der Waals surface area contributed by atoms with Crippen LogP contribution in [-0.4, -0.2) is 42.6 Å². The number of sulfonamides is 1. The number of carbonyl (C=O) groups is 1. The predicted molar refractivity (Wildman–Crippen MR) is 65.2 cm³/mol. The fourth-order valence-electron chi connectivity index (χ4n) is 2.19. The molecule has 0 aromatic carbocycles. The van der Waals surface area contributed by atoms with Crippen LogP contribution in [0.1, 0.15) is 39.0 Å². The molecule has 1 aliphatic carbocycles. The van der Waals surface area contributed by atoms with E-state index >= 15 is 0 Å². The number of rotatable bonds is 5. The van der Waals surface area contributed by atoms with Crippen LogP contribution in [-0.2, 0) is 14.8 Å². The SMILES string of the molecule is CC(CN(C)S(=O)(=O)C1CCCCC1)C(=O)O. The highest BCUT2D eigenvalue weighted by molar-refractivity contribution is 7.89. The Morgan fingerprint density at radius 3 is 2.35 bits per heavy atom. The average molecular weight is 263 g/mol. The molecule has 5 nitrogen and oxygen atoms in total. The molecule has 1 unspecified atom stereocenters. The van der Waals surface area contributed by atoms with E-state index in [1.165, 1.54) is 18.3 Å². The maximum atomic E-state index is 12.2. The lowest BCUT2D eigenvalue weighted by atomic mass is 10.0. The summed E-state index contributed by atoms with van der Waals surface area (Å²) in [5.41, 5.74) is 0. The van der Waals surface area contributed by atoms with Crippen LogP contribution in [0.3, 0.4) is 0 Å². The van der Waals surface area contributed by atoms with Crippen LogP contribution in [0.2, 0.25) is 0 Å². The molecule has 0 aromatic rings. The first kappa shape index (κ1) is 14.4. The summed E-state index contributed by atoms with van der Waals surface area (Å²) < 4.78 is 25.6. The highest BCUT2D eigenvalue weighted by atomic mass is 32.2. The van der Waals surface area contributed by atoms with Gasteiger partial charge in [0.25, 0.3) is 0 Å².